The van der Waals surface area contributed by atoms with E-state index in [-0.39, 0.29) is 59.7 Å². The SMILES string of the molecule is C[C@H]1[C@H]2[C@H](C[C@H]3[C@@H]4CC[C@H]5C[C@@H](O[C@@H]6O[C@H](CO)[C@@H](O[C@@H]7O[C@H](CO)[C@@H](O)[C@H](O[C@@H]8OC[C@@H](O)[C@H](O)[C@H]8O)[C@H]7O[C@@H]7O[C@H](CO)[C@H](O)[C@H](O)[C@H]7O)[C@H](O)[C@H]6O)CC[C@]5(C)[C@H]4CC[C@]23C)O[C@]2(O)C[C@H](CO[C@@H]3O[C@H](CO)[C@H](O)[C@H](O)[C@H]3O)CN[C@@H]12. The Hall–Kier alpha value is -1.16. The molecule has 11 fully saturated rings. The van der Waals surface area contributed by atoms with Crippen LogP contribution in [0.2, 0.25) is 0 Å². The van der Waals surface area contributed by atoms with Gasteiger partial charge < -0.3 is 144 Å². The normalized spacial score (nSPS) is 57.2. The lowest BCUT2D eigenvalue weighted by Gasteiger charge is -2.62. The Kier molecular flexibility index (Phi) is 19.8. The number of rotatable bonds is 15. The van der Waals surface area contributed by atoms with Crippen LogP contribution >= 0.6 is 0 Å². The fourth-order valence-electron chi connectivity index (χ4n) is 17.8. The summed E-state index contributed by atoms with van der Waals surface area (Å²) in [6.45, 7) is 3.90. The third kappa shape index (κ3) is 11.7. The maximum atomic E-state index is 12.4. The maximum absolute atomic E-state index is 12.4. The molecule has 29 nitrogen and oxygen atoms in total. The molecular formula is C56H93NO28. The smallest absolute Gasteiger partial charge is 0.187 e. The number of nitrogens with one attached hydrogen (secondary N) is 1. The predicted molar refractivity (Wildman–Crippen MR) is 280 cm³/mol. The van der Waals surface area contributed by atoms with Crippen LogP contribution in [0.5, 0.6) is 0 Å². The van der Waals surface area contributed by atoms with E-state index in [0.717, 1.165) is 38.5 Å². The summed E-state index contributed by atoms with van der Waals surface area (Å²) >= 11 is 0. The zero-order valence-corrected chi connectivity index (χ0v) is 48.0. The van der Waals surface area contributed by atoms with E-state index in [4.69, 9.17) is 52.1 Å². The molecule has 37 atom stereocenters. The topological polar surface area (TPSA) is 457 Å². The average Bonchev–Trinajstić information content (AvgIpc) is 1.68. The summed E-state index contributed by atoms with van der Waals surface area (Å²) in [5.41, 5.74) is -0.0920. The number of hydrogen-bond acceptors (Lipinski definition) is 29. The van der Waals surface area contributed by atoms with E-state index in [1.54, 1.807) is 0 Å². The quantitative estimate of drug-likeness (QED) is 0.0678. The molecule has 29 heteroatoms. The van der Waals surface area contributed by atoms with Crippen molar-refractivity contribution in [1.29, 1.82) is 0 Å². The Bertz CT molecular complexity index is 2210. The van der Waals surface area contributed by atoms with Crippen molar-refractivity contribution < 1.29 is 139 Å². The second-order valence-electron chi connectivity index (χ2n) is 27.0. The van der Waals surface area contributed by atoms with Crippen molar-refractivity contribution in [3.63, 3.8) is 0 Å². The van der Waals surface area contributed by atoms with E-state index in [9.17, 15) is 86.8 Å². The van der Waals surface area contributed by atoms with Gasteiger partial charge in [0.15, 0.2) is 37.2 Å². The number of hydrogen-bond donors (Lipinski definition) is 18. The number of fused-ring (bicyclic) bond motifs is 8. The van der Waals surface area contributed by atoms with Crippen molar-refractivity contribution in [2.75, 3.05) is 46.2 Å². The molecule has 4 saturated carbocycles. The molecule has 4 aliphatic carbocycles. The molecule has 490 valence electrons. The molecule has 0 aromatic heterocycles. The Labute approximate surface area is 491 Å². The Morgan fingerprint density at radius 3 is 1.76 bits per heavy atom. The van der Waals surface area contributed by atoms with Gasteiger partial charge in [0.2, 0.25) is 0 Å². The van der Waals surface area contributed by atoms with Crippen molar-refractivity contribution in [3.05, 3.63) is 0 Å². The van der Waals surface area contributed by atoms with Gasteiger partial charge in [-0.2, -0.15) is 0 Å². The molecule has 85 heavy (non-hydrogen) atoms. The summed E-state index contributed by atoms with van der Waals surface area (Å²) in [5.74, 6) is -0.0727. The molecule has 11 rings (SSSR count). The third-order valence-electron chi connectivity index (χ3n) is 22.3. The predicted octanol–water partition coefficient (Wildman–Crippen LogP) is -6.93. The van der Waals surface area contributed by atoms with Crippen LogP contribution in [0.25, 0.3) is 0 Å². The summed E-state index contributed by atoms with van der Waals surface area (Å²) in [6, 6.07) is -0.338. The molecule has 7 heterocycles. The molecule has 0 unspecified atom stereocenters. The lowest BCUT2D eigenvalue weighted by Crippen LogP contribution is -2.69. The average molecular weight is 1230 g/mol. The van der Waals surface area contributed by atoms with Gasteiger partial charge in [0, 0.05) is 18.9 Å². The molecule has 0 amide bonds. The minimum Gasteiger partial charge on any atom is -0.394 e. The molecule has 11 aliphatic rings. The van der Waals surface area contributed by atoms with Crippen molar-refractivity contribution in [2.45, 2.75) is 250 Å². The van der Waals surface area contributed by atoms with E-state index in [0.29, 0.717) is 37.1 Å². The fourth-order valence-corrected chi connectivity index (χ4v) is 17.8. The van der Waals surface area contributed by atoms with Gasteiger partial charge in [-0.25, -0.2) is 0 Å². The highest BCUT2D eigenvalue weighted by atomic mass is 16.8. The second-order valence-corrected chi connectivity index (χ2v) is 27.0. The highest BCUT2D eigenvalue weighted by Gasteiger charge is 2.68. The molecule has 7 aliphatic heterocycles. The van der Waals surface area contributed by atoms with E-state index < -0.39 is 192 Å². The van der Waals surface area contributed by atoms with Crippen LogP contribution in [-0.2, 0) is 52.1 Å². The third-order valence-corrected chi connectivity index (χ3v) is 22.3. The number of aliphatic hydroxyl groups excluding tert-OH is 16. The highest BCUT2D eigenvalue weighted by Crippen LogP contribution is 2.70. The molecule has 7 saturated heterocycles. The number of ether oxygens (including phenoxy) is 11. The molecular weight excluding hydrogens is 1130 g/mol. The molecule has 0 bridgehead atoms. The molecule has 0 aromatic rings. The molecule has 0 aromatic carbocycles. The van der Waals surface area contributed by atoms with E-state index in [1.807, 2.05) is 0 Å². The van der Waals surface area contributed by atoms with Gasteiger partial charge in [0.25, 0.3) is 0 Å². The fraction of sp³-hybridized carbons (Fsp3) is 1.00. The zero-order chi connectivity index (χ0) is 60.9. The molecule has 0 spiro atoms. The Morgan fingerprint density at radius 1 is 0.518 bits per heavy atom. The summed E-state index contributed by atoms with van der Waals surface area (Å²) in [5, 5.41) is 187. The first-order valence-corrected chi connectivity index (χ1v) is 30.6. The zero-order valence-electron chi connectivity index (χ0n) is 48.0. The van der Waals surface area contributed by atoms with Gasteiger partial charge >= 0.3 is 0 Å². The number of piperidine rings is 1. The first-order chi connectivity index (χ1) is 40.4. The van der Waals surface area contributed by atoms with Gasteiger partial charge in [-0.1, -0.05) is 20.8 Å². The van der Waals surface area contributed by atoms with E-state index in [1.165, 1.54) is 0 Å². The van der Waals surface area contributed by atoms with Crippen LogP contribution in [0.15, 0.2) is 0 Å². The summed E-state index contributed by atoms with van der Waals surface area (Å²) in [6.07, 6.45) is -34.2. The summed E-state index contributed by atoms with van der Waals surface area (Å²) < 4.78 is 66.3. The Morgan fingerprint density at radius 2 is 1.08 bits per heavy atom. The van der Waals surface area contributed by atoms with Crippen molar-refractivity contribution in [2.24, 2.45) is 52.3 Å². The van der Waals surface area contributed by atoms with Gasteiger partial charge in [-0.3, -0.25) is 0 Å². The monoisotopic (exact) mass is 1230 g/mol. The lowest BCUT2D eigenvalue weighted by atomic mass is 9.44. The standard InChI is InChI=1S/C56H93NO28/c1-20-33-28(85-56(74)12-21(13-57-48(20)56)18-75-49-42(71)38(67)35(64)29(14-58)78-49)11-26-24-5-4-22-10-23(6-8-54(22,2)25(24)7-9-55(26,33)3)77-51-44(73)40(69)45(32(17-61)81-51)82-53-47(84-52-43(72)39(68)36(65)30(15-59)79-52)46(37(66)31(16-60)80-53)83-50-41(70)34(63)27(62)19-76-50/h20-53,57-74H,4-19H2,1-3H3/t20-,21-,22-,23-,24+,25-,26-,27+,28-,29+,30+,31+,32+,33-,34-,35-,36-,37+,38-,39-,40+,41+,42+,43+,44+,45+,46-,47+,48-,49+,50-,51+,52-,53-,54-,55-,56+/m0/s1. The van der Waals surface area contributed by atoms with Gasteiger partial charge in [-0.15, -0.1) is 0 Å². The van der Waals surface area contributed by atoms with Crippen molar-refractivity contribution in [3.8, 4) is 0 Å². The van der Waals surface area contributed by atoms with Crippen molar-refractivity contribution in [1.82, 2.24) is 5.32 Å². The first-order valence-electron chi connectivity index (χ1n) is 30.6. The van der Waals surface area contributed by atoms with Crippen molar-refractivity contribution >= 4 is 0 Å². The van der Waals surface area contributed by atoms with Crippen LogP contribution in [0.1, 0.15) is 78.6 Å². The van der Waals surface area contributed by atoms with E-state index in [2.05, 4.69) is 26.1 Å². The number of aliphatic hydroxyl groups is 17. The van der Waals surface area contributed by atoms with Gasteiger partial charge in [0.05, 0.1) is 57.9 Å². The second kappa shape index (κ2) is 25.7. The Balaban J connectivity index is 0.731. The van der Waals surface area contributed by atoms with Crippen LogP contribution < -0.4 is 5.32 Å². The van der Waals surface area contributed by atoms with Crippen LogP contribution in [0.4, 0.5) is 0 Å². The first kappa shape index (κ1) is 65.3. The lowest BCUT2D eigenvalue weighted by molar-refractivity contribution is -0.404. The van der Waals surface area contributed by atoms with Crippen LogP contribution in [0, 0.1) is 52.3 Å². The van der Waals surface area contributed by atoms with Crippen LogP contribution in [-0.4, -0.2) is 304 Å². The molecule has 0 radical (unpaired) electrons. The van der Waals surface area contributed by atoms with Gasteiger partial charge in [0.1, 0.15) is 116 Å². The minimum atomic E-state index is -2.03. The van der Waals surface area contributed by atoms with Gasteiger partial charge in [-0.05, 0) is 97.7 Å². The molecule has 18 N–H and O–H groups in total. The van der Waals surface area contributed by atoms with Crippen LogP contribution in [0.3, 0.4) is 0 Å². The maximum Gasteiger partial charge on any atom is 0.187 e. The minimum absolute atomic E-state index is 0.0389. The largest absolute Gasteiger partial charge is 0.394 e. The van der Waals surface area contributed by atoms with E-state index >= 15 is 0 Å². The summed E-state index contributed by atoms with van der Waals surface area (Å²) in [7, 11) is 0. The highest BCUT2D eigenvalue weighted by molar-refractivity contribution is 5.16. The summed E-state index contributed by atoms with van der Waals surface area (Å²) in [4.78, 5) is 0.